The highest BCUT2D eigenvalue weighted by Crippen LogP contribution is 2.28. The minimum absolute atomic E-state index is 0.335. The van der Waals surface area contributed by atoms with Gasteiger partial charge in [-0.25, -0.2) is 4.79 Å². The van der Waals surface area contributed by atoms with E-state index in [2.05, 4.69) is 12.1 Å². The van der Waals surface area contributed by atoms with Crippen LogP contribution >= 0.6 is 0 Å². The fourth-order valence-corrected chi connectivity index (χ4v) is 3.05. The highest BCUT2D eigenvalue weighted by molar-refractivity contribution is 5.69. The average Bonchev–Trinajstić information content (AvgIpc) is 2.54. The molecule has 2 rings (SSSR count). The van der Waals surface area contributed by atoms with Gasteiger partial charge in [0.05, 0.1) is 25.3 Å². The Balaban J connectivity index is 1.47. The molecule has 0 atom stereocenters. The molecular formula is C21H33NO4. The van der Waals surface area contributed by atoms with Crippen molar-refractivity contribution < 1.29 is 19.4 Å². The lowest BCUT2D eigenvalue weighted by Gasteiger charge is -2.46. The predicted molar refractivity (Wildman–Crippen MR) is 102 cm³/mol. The number of unbranched alkanes of at least 4 members (excludes halogenated alkanes) is 3. The van der Waals surface area contributed by atoms with Crippen LogP contribution in [0.1, 0.15) is 58.4 Å². The van der Waals surface area contributed by atoms with Gasteiger partial charge in [0.15, 0.2) is 0 Å². The Morgan fingerprint density at radius 2 is 1.77 bits per heavy atom. The normalized spacial score (nSPS) is 16.2. The van der Waals surface area contributed by atoms with Crippen molar-refractivity contribution in [2.75, 3.05) is 19.7 Å². The van der Waals surface area contributed by atoms with E-state index in [1.807, 2.05) is 39.0 Å². The molecule has 0 spiro atoms. The maximum absolute atomic E-state index is 11.9. The predicted octanol–water partition coefficient (Wildman–Crippen LogP) is 4.14. The summed E-state index contributed by atoms with van der Waals surface area (Å²) in [5.74, 6) is 0. The lowest BCUT2D eigenvalue weighted by atomic mass is 9.88. The summed E-state index contributed by atoms with van der Waals surface area (Å²) in [7, 11) is 0. The van der Waals surface area contributed by atoms with Crippen molar-refractivity contribution in [2.24, 2.45) is 0 Å². The lowest BCUT2D eigenvalue weighted by Crippen LogP contribution is -2.64. The number of hydrogen-bond acceptors (Lipinski definition) is 4. The summed E-state index contributed by atoms with van der Waals surface area (Å²) < 4.78 is 11.0. The van der Waals surface area contributed by atoms with E-state index in [-0.39, 0.29) is 6.09 Å². The summed E-state index contributed by atoms with van der Waals surface area (Å²) in [6, 6.07) is 10.2. The zero-order chi connectivity index (χ0) is 19.0. The van der Waals surface area contributed by atoms with Gasteiger partial charge in [-0.05, 0) is 39.2 Å². The minimum atomic E-state index is -0.735. The summed E-state index contributed by atoms with van der Waals surface area (Å²) in [6.07, 6.45) is 4.58. The molecule has 0 unspecified atom stereocenters. The van der Waals surface area contributed by atoms with Gasteiger partial charge >= 0.3 is 6.09 Å². The largest absolute Gasteiger partial charge is 0.444 e. The average molecular weight is 363 g/mol. The number of β-amino-alcohol motifs (C(OH)–C–C–N with tert-alkyl or cyclic N) is 1. The van der Waals surface area contributed by atoms with Crippen LogP contribution in [0.15, 0.2) is 30.3 Å². The Labute approximate surface area is 157 Å². The number of carbonyl (C=O) groups excluding carboxylic acids is 1. The van der Waals surface area contributed by atoms with E-state index in [4.69, 9.17) is 9.47 Å². The number of amides is 1. The molecule has 0 bridgehead atoms. The van der Waals surface area contributed by atoms with Gasteiger partial charge in [-0.1, -0.05) is 49.6 Å². The van der Waals surface area contributed by atoms with Gasteiger partial charge in [-0.15, -0.1) is 0 Å². The number of rotatable bonds is 9. The van der Waals surface area contributed by atoms with Crippen molar-refractivity contribution in [3.05, 3.63) is 35.9 Å². The van der Waals surface area contributed by atoms with E-state index in [1.54, 1.807) is 4.90 Å². The van der Waals surface area contributed by atoms with E-state index < -0.39 is 11.2 Å². The lowest BCUT2D eigenvalue weighted by molar-refractivity contribution is -0.103. The van der Waals surface area contributed by atoms with E-state index in [0.717, 1.165) is 38.7 Å². The van der Waals surface area contributed by atoms with Crippen LogP contribution < -0.4 is 0 Å². The first-order valence-electron chi connectivity index (χ1n) is 9.59. The molecule has 5 nitrogen and oxygen atoms in total. The summed E-state index contributed by atoms with van der Waals surface area (Å²) in [5.41, 5.74) is -0.0251. The summed E-state index contributed by atoms with van der Waals surface area (Å²) in [4.78, 5) is 13.5. The third kappa shape index (κ3) is 7.34. The Kier molecular flexibility index (Phi) is 7.47. The van der Waals surface area contributed by atoms with Gasteiger partial charge in [-0.3, -0.25) is 0 Å². The van der Waals surface area contributed by atoms with Crippen molar-refractivity contribution in [3.63, 3.8) is 0 Å². The number of aliphatic hydroxyl groups is 1. The van der Waals surface area contributed by atoms with Crippen LogP contribution in [-0.2, 0) is 16.1 Å². The molecular weight excluding hydrogens is 330 g/mol. The van der Waals surface area contributed by atoms with Crippen LogP contribution in [0.3, 0.4) is 0 Å². The van der Waals surface area contributed by atoms with Gasteiger partial charge in [0.1, 0.15) is 5.60 Å². The molecule has 0 aromatic heterocycles. The summed E-state index contributed by atoms with van der Waals surface area (Å²) >= 11 is 0. The fraction of sp³-hybridized carbons (Fsp3) is 0.667. The summed E-state index contributed by atoms with van der Waals surface area (Å²) in [5, 5.41) is 10.4. The quantitative estimate of drug-likeness (QED) is 0.670. The van der Waals surface area contributed by atoms with Crippen molar-refractivity contribution in [1.29, 1.82) is 0 Å². The number of nitrogens with zero attached hydrogens (tertiary/aromatic N) is 1. The second-order valence-electron chi connectivity index (χ2n) is 8.26. The standard InChI is InChI=1S/C21H33NO4/c1-20(2,3)26-19(23)22-16-21(24,17-22)13-9-4-5-10-14-25-15-18-11-7-6-8-12-18/h6-8,11-12,24H,4-5,9-10,13-17H2,1-3H3. The number of ether oxygens (including phenoxy) is 2. The van der Waals surface area contributed by atoms with Crippen LogP contribution in [0.25, 0.3) is 0 Å². The third-order valence-electron chi connectivity index (χ3n) is 4.41. The van der Waals surface area contributed by atoms with Crippen molar-refractivity contribution >= 4 is 6.09 Å². The zero-order valence-corrected chi connectivity index (χ0v) is 16.4. The second kappa shape index (κ2) is 9.38. The molecule has 1 fully saturated rings. The highest BCUT2D eigenvalue weighted by atomic mass is 16.6. The third-order valence-corrected chi connectivity index (χ3v) is 4.41. The molecule has 1 amide bonds. The fourth-order valence-electron chi connectivity index (χ4n) is 3.05. The zero-order valence-electron chi connectivity index (χ0n) is 16.4. The van der Waals surface area contributed by atoms with Gasteiger partial charge < -0.3 is 19.5 Å². The smallest absolute Gasteiger partial charge is 0.410 e. The van der Waals surface area contributed by atoms with E-state index in [0.29, 0.717) is 19.7 Å². The van der Waals surface area contributed by atoms with E-state index in [1.165, 1.54) is 5.56 Å². The SMILES string of the molecule is CC(C)(C)OC(=O)N1CC(O)(CCCCCCOCc2ccccc2)C1. The van der Waals surface area contributed by atoms with Gasteiger partial charge in [0.25, 0.3) is 0 Å². The molecule has 1 aromatic rings. The van der Waals surface area contributed by atoms with E-state index in [9.17, 15) is 9.90 Å². The molecule has 0 radical (unpaired) electrons. The van der Waals surface area contributed by atoms with Crippen LogP contribution in [-0.4, -0.2) is 47.0 Å². The maximum atomic E-state index is 11.9. The molecule has 1 aliphatic heterocycles. The van der Waals surface area contributed by atoms with Crippen LogP contribution in [0.4, 0.5) is 4.79 Å². The van der Waals surface area contributed by atoms with Gasteiger partial charge in [0.2, 0.25) is 0 Å². The van der Waals surface area contributed by atoms with Crippen molar-refractivity contribution in [3.8, 4) is 0 Å². The molecule has 1 N–H and O–H groups in total. The Morgan fingerprint density at radius 1 is 1.12 bits per heavy atom. The molecule has 0 aliphatic carbocycles. The molecule has 1 heterocycles. The van der Waals surface area contributed by atoms with Gasteiger partial charge in [-0.2, -0.15) is 0 Å². The first-order chi connectivity index (χ1) is 12.3. The minimum Gasteiger partial charge on any atom is -0.444 e. The van der Waals surface area contributed by atoms with E-state index >= 15 is 0 Å². The first-order valence-corrected chi connectivity index (χ1v) is 9.59. The number of hydrogen-bond donors (Lipinski definition) is 1. The van der Waals surface area contributed by atoms with Crippen molar-refractivity contribution in [1.82, 2.24) is 4.90 Å². The highest BCUT2D eigenvalue weighted by Gasteiger charge is 2.44. The Morgan fingerprint density at radius 3 is 2.42 bits per heavy atom. The van der Waals surface area contributed by atoms with Crippen molar-refractivity contribution in [2.45, 2.75) is 70.7 Å². The molecule has 146 valence electrons. The van der Waals surface area contributed by atoms with Gasteiger partial charge in [0, 0.05) is 6.61 Å². The molecule has 1 aliphatic rings. The molecule has 26 heavy (non-hydrogen) atoms. The topological polar surface area (TPSA) is 59.0 Å². The van der Waals surface area contributed by atoms with Crippen LogP contribution in [0.2, 0.25) is 0 Å². The molecule has 5 heteroatoms. The Bertz CT molecular complexity index is 547. The number of benzene rings is 1. The van der Waals surface area contributed by atoms with Crippen LogP contribution in [0, 0.1) is 0 Å². The number of likely N-dealkylation sites (tertiary alicyclic amines) is 1. The molecule has 0 saturated carbocycles. The second-order valence-corrected chi connectivity index (χ2v) is 8.26. The summed E-state index contributed by atoms with van der Waals surface area (Å²) in [6.45, 7) is 7.73. The maximum Gasteiger partial charge on any atom is 0.410 e. The van der Waals surface area contributed by atoms with Crippen LogP contribution in [0.5, 0.6) is 0 Å². The number of carbonyl (C=O) groups is 1. The molecule has 1 saturated heterocycles. The molecule has 1 aromatic carbocycles. The monoisotopic (exact) mass is 363 g/mol. The Hall–Kier alpha value is -1.59. The first kappa shape index (κ1) is 20.7.